The summed E-state index contributed by atoms with van der Waals surface area (Å²) in [5.74, 6) is 0.533. The standard InChI is InChI=1S/C18H21Cl2NOS2/c1-21-12-2-3-13(21)9-11(8-12)10-18(22,14-4-6-16(19)23-14)15-5-7-17(20)24-15/h4-7,11-13,22H,2-3,8-10H2,1H3. The zero-order chi connectivity index (χ0) is 16.9. The van der Waals surface area contributed by atoms with Crippen LogP contribution in [0.5, 0.6) is 0 Å². The van der Waals surface area contributed by atoms with Gasteiger partial charge in [0.15, 0.2) is 0 Å². The van der Waals surface area contributed by atoms with E-state index >= 15 is 0 Å². The monoisotopic (exact) mass is 401 g/mol. The van der Waals surface area contributed by atoms with Crippen molar-refractivity contribution < 1.29 is 5.11 Å². The largest absolute Gasteiger partial charge is 0.379 e. The predicted molar refractivity (Wildman–Crippen MR) is 104 cm³/mol. The molecule has 0 amide bonds. The molecular weight excluding hydrogens is 381 g/mol. The van der Waals surface area contributed by atoms with E-state index in [0.717, 1.165) is 24.8 Å². The van der Waals surface area contributed by atoms with E-state index in [9.17, 15) is 5.11 Å². The topological polar surface area (TPSA) is 23.5 Å². The number of rotatable bonds is 4. The fourth-order valence-corrected chi connectivity index (χ4v) is 6.88. The van der Waals surface area contributed by atoms with E-state index < -0.39 is 5.60 Å². The summed E-state index contributed by atoms with van der Waals surface area (Å²) in [6.07, 6.45) is 5.69. The van der Waals surface area contributed by atoms with Crippen molar-refractivity contribution in [3.05, 3.63) is 42.7 Å². The lowest BCUT2D eigenvalue weighted by molar-refractivity contribution is 0.0321. The molecule has 1 N–H and O–H groups in total. The second-order valence-electron chi connectivity index (χ2n) is 7.16. The lowest BCUT2D eigenvalue weighted by atomic mass is 9.80. The van der Waals surface area contributed by atoms with E-state index in [-0.39, 0.29) is 0 Å². The van der Waals surface area contributed by atoms with Crippen molar-refractivity contribution in [2.24, 2.45) is 5.92 Å². The van der Waals surface area contributed by atoms with Gasteiger partial charge in [-0.05, 0) is 69.3 Å². The number of fused-ring (bicyclic) bond motifs is 2. The average molecular weight is 402 g/mol. The van der Waals surface area contributed by atoms with Crippen molar-refractivity contribution in [1.82, 2.24) is 4.90 Å². The number of aliphatic hydroxyl groups is 1. The number of piperidine rings is 1. The highest BCUT2D eigenvalue weighted by atomic mass is 35.5. The highest BCUT2D eigenvalue weighted by molar-refractivity contribution is 7.17. The van der Waals surface area contributed by atoms with Crippen LogP contribution in [0.25, 0.3) is 0 Å². The fraction of sp³-hybridized carbons (Fsp3) is 0.556. The minimum atomic E-state index is -0.977. The van der Waals surface area contributed by atoms with Crippen LogP contribution in [0, 0.1) is 5.92 Å². The Kier molecular flexibility index (Phi) is 4.74. The molecule has 2 aromatic heterocycles. The summed E-state index contributed by atoms with van der Waals surface area (Å²) in [4.78, 5) is 4.40. The van der Waals surface area contributed by atoms with Crippen LogP contribution in [0.1, 0.15) is 41.9 Å². The fourth-order valence-electron chi connectivity index (χ4n) is 4.50. The molecule has 2 aromatic rings. The number of thiophene rings is 2. The molecule has 2 fully saturated rings. The van der Waals surface area contributed by atoms with Crippen LogP contribution in [0.15, 0.2) is 24.3 Å². The minimum absolute atomic E-state index is 0.533. The van der Waals surface area contributed by atoms with Crippen LogP contribution in [-0.4, -0.2) is 29.1 Å². The van der Waals surface area contributed by atoms with Crippen LogP contribution in [-0.2, 0) is 5.60 Å². The second-order valence-corrected chi connectivity index (χ2v) is 10.6. The normalized spacial score (nSPS) is 27.8. The van der Waals surface area contributed by atoms with Crippen molar-refractivity contribution >= 4 is 45.9 Å². The van der Waals surface area contributed by atoms with E-state index in [1.807, 2.05) is 24.3 Å². The average Bonchev–Trinajstić information content (AvgIpc) is 3.20. The quantitative estimate of drug-likeness (QED) is 0.718. The maximum Gasteiger partial charge on any atom is 0.133 e. The Balaban J connectivity index is 1.64. The van der Waals surface area contributed by atoms with E-state index in [1.165, 1.54) is 48.4 Å². The Morgan fingerprint density at radius 1 is 1.04 bits per heavy atom. The summed E-state index contributed by atoms with van der Waals surface area (Å²) >= 11 is 15.3. The van der Waals surface area contributed by atoms with E-state index in [0.29, 0.717) is 18.0 Å². The molecule has 2 aliphatic heterocycles. The molecule has 2 saturated heterocycles. The summed E-state index contributed by atoms with van der Waals surface area (Å²) in [5.41, 5.74) is -0.977. The first-order valence-corrected chi connectivity index (χ1v) is 10.8. The summed E-state index contributed by atoms with van der Waals surface area (Å²) in [5, 5.41) is 11.7. The molecule has 0 aromatic carbocycles. The number of hydrogen-bond acceptors (Lipinski definition) is 4. The number of halogens is 2. The summed E-state index contributed by atoms with van der Waals surface area (Å²) < 4.78 is 1.43. The Hall–Kier alpha value is -0.100. The zero-order valence-corrected chi connectivity index (χ0v) is 16.7. The highest BCUT2D eigenvalue weighted by Crippen LogP contribution is 2.48. The van der Waals surface area contributed by atoms with Gasteiger partial charge in [-0.2, -0.15) is 0 Å². The Morgan fingerprint density at radius 2 is 1.54 bits per heavy atom. The molecule has 0 aliphatic carbocycles. The highest BCUT2D eigenvalue weighted by Gasteiger charge is 2.43. The maximum atomic E-state index is 11.7. The third kappa shape index (κ3) is 3.06. The van der Waals surface area contributed by atoms with E-state index in [1.54, 1.807) is 0 Å². The van der Waals surface area contributed by atoms with Crippen LogP contribution >= 0.6 is 45.9 Å². The van der Waals surface area contributed by atoms with E-state index in [2.05, 4.69) is 11.9 Å². The Morgan fingerprint density at radius 3 is 1.96 bits per heavy atom. The summed E-state index contributed by atoms with van der Waals surface area (Å²) in [6, 6.07) is 9.03. The molecule has 2 aliphatic rings. The summed E-state index contributed by atoms with van der Waals surface area (Å²) in [6.45, 7) is 0. The van der Waals surface area contributed by atoms with Crippen molar-refractivity contribution in [3.8, 4) is 0 Å². The lowest BCUT2D eigenvalue weighted by Crippen LogP contribution is -2.42. The third-order valence-electron chi connectivity index (χ3n) is 5.74. The molecule has 4 heterocycles. The number of nitrogens with zero attached hydrogens (tertiary/aromatic N) is 1. The first-order chi connectivity index (χ1) is 11.5. The van der Waals surface area contributed by atoms with Gasteiger partial charge in [-0.1, -0.05) is 23.2 Å². The predicted octanol–water partition coefficient (Wildman–Crippen LogP) is 5.62. The van der Waals surface area contributed by atoms with Gasteiger partial charge in [0.25, 0.3) is 0 Å². The van der Waals surface area contributed by atoms with Gasteiger partial charge in [0.2, 0.25) is 0 Å². The van der Waals surface area contributed by atoms with Gasteiger partial charge in [0.1, 0.15) is 5.60 Å². The molecule has 2 nitrogen and oxygen atoms in total. The molecule has 6 heteroatoms. The summed E-state index contributed by atoms with van der Waals surface area (Å²) in [7, 11) is 2.25. The molecule has 2 unspecified atom stereocenters. The SMILES string of the molecule is CN1C2CCC1CC(CC(O)(c1ccc(Cl)s1)c1ccc(Cl)s1)C2. The Bertz CT molecular complexity index is 674. The van der Waals surface area contributed by atoms with Crippen LogP contribution in [0.4, 0.5) is 0 Å². The third-order valence-corrected chi connectivity index (χ3v) is 8.51. The molecule has 2 atom stereocenters. The first kappa shape index (κ1) is 17.3. The van der Waals surface area contributed by atoms with Crippen molar-refractivity contribution in [1.29, 1.82) is 0 Å². The Labute approximate surface area is 161 Å². The van der Waals surface area contributed by atoms with Crippen LogP contribution in [0.2, 0.25) is 8.67 Å². The van der Waals surface area contributed by atoms with Crippen molar-refractivity contribution in [3.63, 3.8) is 0 Å². The molecule has 24 heavy (non-hydrogen) atoms. The smallest absolute Gasteiger partial charge is 0.133 e. The van der Waals surface area contributed by atoms with Crippen molar-refractivity contribution in [2.45, 2.75) is 49.8 Å². The molecule has 0 radical (unpaired) electrons. The van der Waals surface area contributed by atoms with Gasteiger partial charge in [-0.3, -0.25) is 0 Å². The number of hydrogen-bond donors (Lipinski definition) is 1. The van der Waals surface area contributed by atoms with Gasteiger partial charge in [-0.25, -0.2) is 0 Å². The van der Waals surface area contributed by atoms with Crippen LogP contribution in [0.3, 0.4) is 0 Å². The lowest BCUT2D eigenvalue weighted by Gasteiger charge is -2.39. The van der Waals surface area contributed by atoms with Gasteiger partial charge in [0.05, 0.1) is 8.67 Å². The molecular formula is C18H21Cl2NOS2. The minimum Gasteiger partial charge on any atom is -0.379 e. The van der Waals surface area contributed by atoms with E-state index in [4.69, 9.17) is 23.2 Å². The first-order valence-electron chi connectivity index (χ1n) is 8.41. The van der Waals surface area contributed by atoms with Crippen molar-refractivity contribution in [2.75, 3.05) is 7.05 Å². The maximum absolute atomic E-state index is 11.7. The molecule has 0 saturated carbocycles. The molecule has 130 valence electrons. The van der Waals surface area contributed by atoms with Crippen LogP contribution < -0.4 is 0 Å². The molecule has 4 rings (SSSR count). The van der Waals surface area contributed by atoms with Gasteiger partial charge in [-0.15, -0.1) is 22.7 Å². The van der Waals surface area contributed by atoms with Gasteiger partial charge >= 0.3 is 0 Å². The zero-order valence-electron chi connectivity index (χ0n) is 13.5. The molecule has 0 spiro atoms. The molecule has 2 bridgehead atoms. The second kappa shape index (κ2) is 6.57. The van der Waals surface area contributed by atoms with Gasteiger partial charge in [0, 0.05) is 21.8 Å². The van der Waals surface area contributed by atoms with Gasteiger partial charge < -0.3 is 10.0 Å².